The van der Waals surface area contributed by atoms with Gasteiger partial charge in [-0.3, -0.25) is 0 Å². The average Bonchev–Trinajstić information content (AvgIpc) is 2.53. The Balaban J connectivity index is 1.97. The van der Waals surface area contributed by atoms with Crippen LogP contribution in [-0.4, -0.2) is 12.6 Å². The molecule has 0 aromatic heterocycles. The van der Waals surface area contributed by atoms with E-state index in [-0.39, 0.29) is 6.10 Å². The largest absolute Gasteiger partial charge is 0.487 e. The van der Waals surface area contributed by atoms with Gasteiger partial charge in [-0.1, -0.05) is 36.4 Å². The highest BCUT2D eigenvalue weighted by molar-refractivity contribution is 5.62. The molecule has 0 spiro atoms. The Labute approximate surface area is 126 Å². The van der Waals surface area contributed by atoms with Gasteiger partial charge in [0.25, 0.3) is 0 Å². The Morgan fingerprint density at radius 1 is 1.24 bits per heavy atom. The van der Waals surface area contributed by atoms with Gasteiger partial charge >= 0.3 is 0 Å². The minimum absolute atomic E-state index is 0.177. The fourth-order valence-electron chi connectivity index (χ4n) is 2.92. The molecule has 2 aromatic rings. The molecule has 0 saturated carbocycles. The van der Waals surface area contributed by atoms with Crippen molar-refractivity contribution in [2.24, 2.45) is 5.73 Å². The molecule has 0 saturated heterocycles. The quantitative estimate of drug-likeness (QED) is 0.936. The van der Waals surface area contributed by atoms with Crippen LogP contribution in [0.4, 0.5) is 5.69 Å². The summed E-state index contributed by atoms with van der Waals surface area (Å²) in [5, 5.41) is 0. The predicted octanol–water partition coefficient (Wildman–Crippen LogP) is 3.49. The summed E-state index contributed by atoms with van der Waals surface area (Å²) in [6.07, 6.45) is 0.177. The molecule has 1 aliphatic rings. The lowest BCUT2D eigenvalue weighted by atomic mass is 10.0. The average molecular weight is 282 g/mol. The van der Waals surface area contributed by atoms with Crippen molar-refractivity contribution in [1.29, 1.82) is 0 Å². The third-order valence-corrected chi connectivity index (χ3v) is 4.10. The molecule has 3 heteroatoms. The van der Waals surface area contributed by atoms with Gasteiger partial charge in [-0.05, 0) is 37.1 Å². The maximum atomic E-state index is 5.99. The van der Waals surface area contributed by atoms with Crippen molar-refractivity contribution in [1.82, 2.24) is 0 Å². The Bertz CT molecular complexity index is 612. The van der Waals surface area contributed by atoms with Crippen molar-refractivity contribution in [3.05, 3.63) is 59.7 Å². The maximum Gasteiger partial charge on any atom is 0.143 e. The second-order valence-electron chi connectivity index (χ2n) is 5.67. The lowest BCUT2D eigenvalue weighted by molar-refractivity contribution is 0.208. The molecule has 110 valence electrons. The molecule has 21 heavy (non-hydrogen) atoms. The van der Waals surface area contributed by atoms with E-state index in [1.165, 1.54) is 5.56 Å². The van der Waals surface area contributed by atoms with Gasteiger partial charge in [0.05, 0.1) is 18.3 Å². The normalized spacial score (nSPS) is 18.8. The van der Waals surface area contributed by atoms with Crippen LogP contribution in [0.1, 0.15) is 31.0 Å². The molecule has 3 rings (SSSR count). The molecule has 1 aliphatic heterocycles. The molecular formula is C18H22N2O. The number of hydrogen-bond donors (Lipinski definition) is 1. The zero-order valence-corrected chi connectivity index (χ0v) is 12.6. The van der Waals surface area contributed by atoms with Crippen LogP contribution in [0.3, 0.4) is 0 Å². The highest BCUT2D eigenvalue weighted by Crippen LogP contribution is 2.38. The molecule has 2 N–H and O–H groups in total. The fourth-order valence-corrected chi connectivity index (χ4v) is 2.92. The smallest absolute Gasteiger partial charge is 0.143 e. The summed E-state index contributed by atoms with van der Waals surface area (Å²) in [6, 6.07) is 17.2. The first kappa shape index (κ1) is 14.0. The van der Waals surface area contributed by atoms with Crippen LogP contribution in [0.2, 0.25) is 0 Å². The molecule has 0 amide bonds. The van der Waals surface area contributed by atoms with E-state index in [2.05, 4.69) is 67.3 Å². The van der Waals surface area contributed by atoms with Crippen LogP contribution in [0, 0.1) is 0 Å². The SMILES string of the molecule is CC1CN(C(C)c2ccccc2)c2ccc(CN)cc2O1. The summed E-state index contributed by atoms with van der Waals surface area (Å²) in [5.41, 5.74) is 9.31. The number of fused-ring (bicyclic) bond motifs is 1. The molecule has 2 atom stereocenters. The second kappa shape index (κ2) is 5.78. The summed E-state index contributed by atoms with van der Waals surface area (Å²) in [6.45, 7) is 5.79. The number of nitrogens with zero attached hydrogens (tertiary/aromatic N) is 1. The van der Waals surface area contributed by atoms with Crippen LogP contribution < -0.4 is 15.4 Å². The molecule has 0 radical (unpaired) electrons. The summed E-state index contributed by atoms with van der Waals surface area (Å²) in [4.78, 5) is 2.42. The standard InChI is InChI=1S/C18H22N2O/c1-13-12-20(14(2)16-6-4-3-5-7-16)17-9-8-15(11-19)10-18(17)21-13/h3-10,13-14H,11-12,19H2,1-2H3. The molecule has 1 heterocycles. The summed E-state index contributed by atoms with van der Waals surface area (Å²) >= 11 is 0. The van der Waals surface area contributed by atoms with E-state index in [0.29, 0.717) is 12.6 Å². The van der Waals surface area contributed by atoms with Gasteiger partial charge in [0.1, 0.15) is 11.9 Å². The number of hydrogen-bond acceptors (Lipinski definition) is 3. The first-order valence-corrected chi connectivity index (χ1v) is 7.50. The van der Waals surface area contributed by atoms with Crippen LogP contribution in [0.5, 0.6) is 5.75 Å². The van der Waals surface area contributed by atoms with Gasteiger partial charge in [0.2, 0.25) is 0 Å². The van der Waals surface area contributed by atoms with Crippen LogP contribution in [-0.2, 0) is 6.54 Å². The fraction of sp³-hybridized carbons (Fsp3) is 0.333. The topological polar surface area (TPSA) is 38.5 Å². The minimum atomic E-state index is 0.177. The van der Waals surface area contributed by atoms with Crippen molar-refractivity contribution >= 4 is 5.69 Å². The van der Waals surface area contributed by atoms with Gasteiger partial charge < -0.3 is 15.4 Å². The Kier molecular flexibility index (Phi) is 3.84. The first-order valence-electron chi connectivity index (χ1n) is 7.50. The van der Waals surface area contributed by atoms with E-state index in [0.717, 1.165) is 23.5 Å². The lowest BCUT2D eigenvalue weighted by Gasteiger charge is -2.39. The second-order valence-corrected chi connectivity index (χ2v) is 5.67. The zero-order valence-electron chi connectivity index (χ0n) is 12.6. The minimum Gasteiger partial charge on any atom is -0.487 e. The van der Waals surface area contributed by atoms with Crippen molar-refractivity contribution in [2.75, 3.05) is 11.4 Å². The summed E-state index contributed by atoms with van der Waals surface area (Å²) < 4.78 is 5.99. The summed E-state index contributed by atoms with van der Waals surface area (Å²) in [5.74, 6) is 0.944. The van der Waals surface area contributed by atoms with Gasteiger partial charge in [0, 0.05) is 6.54 Å². The zero-order chi connectivity index (χ0) is 14.8. The highest BCUT2D eigenvalue weighted by Gasteiger charge is 2.27. The van der Waals surface area contributed by atoms with Gasteiger partial charge in [-0.15, -0.1) is 0 Å². The van der Waals surface area contributed by atoms with Crippen molar-refractivity contribution < 1.29 is 4.74 Å². The molecule has 3 nitrogen and oxygen atoms in total. The van der Waals surface area contributed by atoms with Gasteiger partial charge in [0.15, 0.2) is 0 Å². The maximum absolute atomic E-state index is 5.99. The van der Waals surface area contributed by atoms with E-state index >= 15 is 0 Å². The Morgan fingerprint density at radius 2 is 2.00 bits per heavy atom. The van der Waals surface area contributed by atoms with E-state index in [4.69, 9.17) is 10.5 Å². The molecule has 0 fully saturated rings. The number of benzene rings is 2. The number of rotatable bonds is 3. The predicted molar refractivity (Wildman–Crippen MR) is 86.6 cm³/mol. The van der Waals surface area contributed by atoms with Crippen molar-refractivity contribution in [2.45, 2.75) is 32.5 Å². The lowest BCUT2D eigenvalue weighted by Crippen LogP contribution is -2.40. The van der Waals surface area contributed by atoms with E-state index in [1.54, 1.807) is 0 Å². The molecule has 2 unspecified atom stereocenters. The Morgan fingerprint density at radius 3 is 2.71 bits per heavy atom. The van der Waals surface area contributed by atoms with Gasteiger partial charge in [-0.2, -0.15) is 0 Å². The van der Waals surface area contributed by atoms with E-state index in [9.17, 15) is 0 Å². The third kappa shape index (κ3) is 2.74. The van der Waals surface area contributed by atoms with Crippen molar-refractivity contribution in [3.8, 4) is 5.75 Å². The van der Waals surface area contributed by atoms with E-state index in [1.807, 2.05) is 0 Å². The molecule has 2 aromatic carbocycles. The van der Waals surface area contributed by atoms with Crippen molar-refractivity contribution in [3.63, 3.8) is 0 Å². The summed E-state index contributed by atoms with van der Waals surface area (Å²) in [7, 11) is 0. The van der Waals surface area contributed by atoms with Crippen LogP contribution >= 0.6 is 0 Å². The number of nitrogens with two attached hydrogens (primary N) is 1. The number of ether oxygens (including phenoxy) is 1. The van der Waals surface area contributed by atoms with E-state index < -0.39 is 0 Å². The first-order chi connectivity index (χ1) is 10.2. The van der Waals surface area contributed by atoms with Crippen LogP contribution in [0.25, 0.3) is 0 Å². The molecule has 0 aliphatic carbocycles. The number of anilines is 1. The van der Waals surface area contributed by atoms with Gasteiger partial charge in [-0.25, -0.2) is 0 Å². The molecular weight excluding hydrogens is 260 g/mol. The van der Waals surface area contributed by atoms with Crippen LogP contribution in [0.15, 0.2) is 48.5 Å². The highest BCUT2D eigenvalue weighted by atomic mass is 16.5. The third-order valence-electron chi connectivity index (χ3n) is 4.10. The Hall–Kier alpha value is -2.00. The monoisotopic (exact) mass is 282 g/mol. The molecule has 0 bridgehead atoms.